The first-order valence-electron chi connectivity index (χ1n) is 8.88. The number of rotatable bonds is 2. The van der Waals surface area contributed by atoms with E-state index in [1.807, 2.05) is 89.3 Å². The van der Waals surface area contributed by atoms with Gasteiger partial charge >= 0.3 is 0 Å². The summed E-state index contributed by atoms with van der Waals surface area (Å²) in [7, 11) is 0. The van der Waals surface area contributed by atoms with Crippen molar-refractivity contribution in [3.63, 3.8) is 0 Å². The van der Waals surface area contributed by atoms with E-state index in [0.717, 1.165) is 14.7 Å². The Morgan fingerprint density at radius 2 is 1.29 bits per heavy atom. The minimum atomic E-state index is -0.226. The highest BCUT2D eigenvalue weighted by Gasteiger charge is 2.02. The topological polar surface area (TPSA) is 0 Å². The van der Waals surface area contributed by atoms with Crippen LogP contribution in [0.3, 0.4) is 0 Å². The summed E-state index contributed by atoms with van der Waals surface area (Å²) >= 11 is 13.8. The number of hydrogen-bond donors (Lipinski definition) is 1. The standard InChI is InChI=1S/C12H8BrFS.C6H3BrFI.C6H6S/c13-11-7-6-10(8-12(11)14)15-9-4-2-1-3-5-9;7-4-2-1-3-5(9)6(4)8;7-6-4-2-1-3-5-6/h1-8H;1-3H;1-5,7H. The normalized spacial score (nSPS) is 9.74. The molecule has 0 aliphatic heterocycles. The first-order chi connectivity index (χ1) is 14.9. The summed E-state index contributed by atoms with van der Waals surface area (Å²) in [5.74, 6) is -0.408. The van der Waals surface area contributed by atoms with Gasteiger partial charge in [0, 0.05) is 18.3 Å². The van der Waals surface area contributed by atoms with Crippen molar-refractivity contribution in [2.24, 2.45) is 0 Å². The molecule has 31 heavy (non-hydrogen) atoms. The molecule has 0 atom stereocenters. The van der Waals surface area contributed by atoms with Crippen LogP contribution in [0.5, 0.6) is 0 Å². The lowest BCUT2D eigenvalue weighted by Gasteiger charge is -2.02. The van der Waals surface area contributed by atoms with Gasteiger partial charge in [0.2, 0.25) is 0 Å². The van der Waals surface area contributed by atoms with Gasteiger partial charge in [-0.3, -0.25) is 0 Å². The molecule has 160 valence electrons. The number of benzene rings is 4. The van der Waals surface area contributed by atoms with E-state index in [-0.39, 0.29) is 11.6 Å². The molecule has 0 radical (unpaired) electrons. The number of halogens is 5. The third-order valence-electron chi connectivity index (χ3n) is 3.53. The Morgan fingerprint density at radius 3 is 1.77 bits per heavy atom. The fourth-order valence-electron chi connectivity index (χ4n) is 2.07. The quantitative estimate of drug-likeness (QED) is 0.124. The van der Waals surface area contributed by atoms with E-state index in [1.54, 1.807) is 36.0 Å². The van der Waals surface area contributed by atoms with E-state index < -0.39 is 0 Å². The van der Waals surface area contributed by atoms with Crippen molar-refractivity contribution < 1.29 is 8.78 Å². The molecule has 0 N–H and O–H groups in total. The molecule has 0 nitrogen and oxygen atoms in total. The molecule has 0 aromatic heterocycles. The van der Waals surface area contributed by atoms with Gasteiger partial charge in [0.15, 0.2) is 5.82 Å². The van der Waals surface area contributed by atoms with Gasteiger partial charge in [0.25, 0.3) is 0 Å². The van der Waals surface area contributed by atoms with Gasteiger partial charge in [0.1, 0.15) is 5.82 Å². The maximum atomic E-state index is 13.2. The minimum absolute atomic E-state index is 0.182. The fraction of sp³-hybridized carbons (Fsp3) is 0. The van der Waals surface area contributed by atoms with E-state index in [2.05, 4.69) is 44.5 Å². The zero-order valence-electron chi connectivity index (χ0n) is 16.0. The molecule has 0 unspecified atom stereocenters. The molecule has 0 saturated heterocycles. The third-order valence-corrected chi connectivity index (χ3v) is 6.91. The zero-order valence-corrected chi connectivity index (χ0v) is 23.0. The van der Waals surface area contributed by atoms with Crippen LogP contribution in [0, 0.1) is 15.2 Å². The van der Waals surface area contributed by atoms with Crippen molar-refractivity contribution in [2.75, 3.05) is 0 Å². The van der Waals surface area contributed by atoms with E-state index >= 15 is 0 Å². The third kappa shape index (κ3) is 10.1. The molecule has 4 aromatic carbocycles. The Bertz CT molecular complexity index is 1060. The monoisotopic (exact) mass is 692 g/mol. The zero-order chi connectivity index (χ0) is 22.6. The molecular weight excluding hydrogens is 677 g/mol. The number of thiol groups is 1. The fourth-order valence-corrected chi connectivity index (χ4v) is 4.59. The molecule has 0 fully saturated rings. The van der Waals surface area contributed by atoms with Gasteiger partial charge in [0.05, 0.1) is 8.95 Å². The van der Waals surface area contributed by atoms with Crippen LogP contribution < -0.4 is 0 Å². The predicted molar refractivity (Wildman–Crippen MR) is 145 cm³/mol. The van der Waals surface area contributed by atoms with Crippen LogP contribution in [0.2, 0.25) is 0 Å². The van der Waals surface area contributed by atoms with E-state index in [0.29, 0.717) is 12.5 Å². The lowest BCUT2D eigenvalue weighted by Crippen LogP contribution is -1.80. The molecule has 0 saturated carbocycles. The lowest BCUT2D eigenvalue weighted by atomic mass is 10.3. The molecule has 0 heterocycles. The highest BCUT2D eigenvalue weighted by Crippen LogP contribution is 2.29. The predicted octanol–water partition coefficient (Wildman–Crippen LogP) is 9.91. The summed E-state index contributed by atoms with van der Waals surface area (Å²) in [6, 6.07) is 30.0. The average Bonchev–Trinajstić information content (AvgIpc) is 2.77. The van der Waals surface area contributed by atoms with E-state index in [1.165, 1.54) is 6.07 Å². The van der Waals surface area contributed by atoms with Crippen LogP contribution in [0.4, 0.5) is 8.78 Å². The summed E-state index contributed by atoms with van der Waals surface area (Å²) in [6.45, 7) is 0. The molecule has 4 rings (SSSR count). The molecule has 7 heteroatoms. The summed E-state index contributed by atoms with van der Waals surface area (Å²) in [5, 5.41) is 0. The smallest absolute Gasteiger partial charge is 0.150 e. The lowest BCUT2D eigenvalue weighted by molar-refractivity contribution is 0.613. The molecule has 0 spiro atoms. The van der Waals surface area contributed by atoms with Crippen molar-refractivity contribution in [3.05, 3.63) is 121 Å². The Morgan fingerprint density at radius 1 is 0.677 bits per heavy atom. The highest BCUT2D eigenvalue weighted by molar-refractivity contribution is 14.1. The van der Waals surface area contributed by atoms with Crippen LogP contribution >= 0.6 is 78.8 Å². The molecule has 4 aromatic rings. The van der Waals surface area contributed by atoms with E-state index in [4.69, 9.17) is 0 Å². The van der Waals surface area contributed by atoms with Crippen molar-refractivity contribution in [1.29, 1.82) is 0 Å². The van der Waals surface area contributed by atoms with Gasteiger partial charge in [-0.05, 0) is 109 Å². The summed E-state index contributed by atoms with van der Waals surface area (Å²) in [4.78, 5) is 3.03. The van der Waals surface area contributed by atoms with Crippen LogP contribution in [0.15, 0.2) is 121 Å². The van der Waals surface area contributed by atoms with Crippen molar-refractivity contribution >= 4 is 78.8 Å². The second-order valence-corrected chi connectivity index (χ2v) is 10.4. The van der Waals surface area contributed by atoms with Crippen molar-refractivity contribution in [1.82, 2.24) is 0 Å². The van der Waals surface area contributed by atoms with Crippen molar-refractivity contribution in [2.45, 2.75) is 14.7 Å². The van der Waals surface area contributed by atoms with E-state index in [9.17, 15) is 8.78 Å². The number of hydrogen-bond acceptors (Lipinski definition) is 2. The SMILES string of the molecule is Fc1c(Br)cccc1I.Fc1cc(Sc2ccccc2)ccc1Br.Sc1ccccc1. The second kappa shape index (κ2) is 14.3. The Labute approximate surface area is 221 Å². The Hall–Kier alpha value is -0.870. The molecular formula is C24H17Br2F2IS2. The maximum Gasteiger partial charge on any atom is 0.150 e. The second-order valence-electron chi connectivity index (χ2n) is 5.86. The summed E-state index contributed by atoms with van der Waals surface area (Å²) in [6.07, 6.45) is 0. The minimum Gasteiger partial charge on any atom is -0.206 e. The van der Waals surface area contributed by atoms with Crippen LogP contribution in [-0.4, -0.2) is 0 Å². The maximum absolute atomic E-state index is 13.2. The average molecular weight is 694 g/mol. The van der Waals surface area contributed by atoms with Gasteiger partial charge in [-0.25, -0.2) is 8.78 Å². The van der Waals surface area contributed by atoms with Crippen LogP contribution in [-0.2, 0) is 0 Å². The first-order valence-corrected chi connectivity index (χ1v) is 12.8. The summed E-state index contributed by atoms with van der Waals surface area (Å²) < 4.78 is 27.6. The Balaban J connectivity index is 0.000000181. The Kier molecular flexibility index (Phi) is 12.2. The van der Waals surface area contributed by atoms with Gasteiger partial charge in [-0.2, -0.15) is 0 Å². The van der Waals surface area contributed by atoms with Crippen molar-refractivity contribution in [3.8, 4) is 0 Å². The highest BCUT2D eigenvalue weighted by atomic mass is 127. The van der Waals surface area contributed by atoms with Gasteiger partial charge in [-0.15, -0.1) is 12.6 Å². The van der Waals surface area contributed by atoms with Crippen LogP contribution in [0.25, 0.3) is 0 Å². The first kappa shape index (κ1) is 26.4. The van der Waals surface area contributed by atoms with Crippen LogP contribution in [0.1, 0.15) is 0 Å². The largest absolute Gasteiger partial charge is 0.206 e. The molecule has 0 aliphatic carbocycles. The van der Waals surface area contributed by atoms with Gasteiger partial charge < -0.3 is 0 Å². The molecule has 0 bridgehead atoms. The van der Waals surface area contributed by atoms with Gasteiger partial charge in [-0.1, -0.05) is 54.2 Å². The molecule has 0 aliphatic rings. The summed E-state index contributed by atoms with van der Waals surface area (Å²) in [5.41, 5.74) is 0. The molecule has 0 amide bonds.